The average molecular weight is 227 g/mol. The van der Waals surface area contributed by atoms with Crippen LogP contribution in [-0.2, 0) is 11.2 Å². The number of primary amides is 1. The number of H-pyrrole nitrogens is 1. The van der Waals surface area contributed by atoms with Crippen molar-refractivity contribution in [3.05, 3.63) is 11.6 Å². The molecule has 0 fully saturated rings. The number of aryl methyl sites for hydroxylation is 1. The van der Waals surface area contributed by atoms with Crippen LogP contribution >= 0.6 is 0 Å². The highest BCUT2D eigenvalue weighted by molar-refractivity contribution is 5.90. The standard InChI is InChI=1S/C8H13N5O3/c1-2-5-11-7(13-12-5)8(16)10-3-4(14)6(9)15/h4,14H,2-3H2,1H3,(H2,9,15)(H,10,16)(H,11,12,13). The molecule has 1 aromatic heterocycles. The lowest BCUT2D eigenvalue weighted by atomic mass is 10.3. The first-order valence-corrected chi connectivity index (χ1v) is 4.71. The Morgan fingerprint density at radius 3 is 2.81 bits per heavy atom. The van der Waals surface area contributed by atoms with Gasteiger partial charge in [-0.2, -0.15) is 0 Å². The van der Waals surface area contributed by atoms with Gasteiger partial charge in [0.15, 0.2) is 0 Å². The minimum absolute atomic E-state index is 0.0338. The zero-order valence-electron chi connectivity index (χ0n) is 8.73. The fourth-order valence-corrected chi connectivity index (χ4v) is 0.924. The number of carbonyl (C=O) groups excluding carboxylic acids is 2. The Bertz CT molecular complexity index is 389. The molecule has 0 saturated carbocycles. The number of aliphatic hydroxyl groups excluding tert-OH is 1. The van der Waals surface area contributed by atoms with E-state index in [-0.39, 0.29) is 12.4 Å². The summed E-state index contributed by atoms with van der Waals surface area (Å²) in [7, 11) is 0. The van der Waals surface area contributed by atoms with Crippen molar-refractivity contribution in [1.29, 1.82) is 0 Å². The van der Waals surface area contributed by atoms with Gasteiger partial charge < -0.3 is 16.2 Å². The van der Waals surface area contributed by atoms with Gasteiger partial charge in [0.2, 0.25) is 11.7 Å². The Morgan fingerprint density at radius 1 is 1.62 bits per heavy atom. The third kappa shape index (κ3) is 3.02. The molecule has 8 nitrogen and oxygen atoms in total. The first kappa shape index (κ1) is 12.1. The van der Waals surface area contributed by atoms with Crippen LogP contribution in [0.4, 0.5) is 0 Å². The molecule has 0 aliphatic carbocycles. The molecule has 5 N–H and O–H groups in total. The highest BCUT2D eigenvalue weighted by Gasteiger charge is 2.15. The van der Waals surface area contributed by atoms with Crippen LogP contribution in [0, 0.1) is 0 Å². The fourth-order valence-electron chi connectivity index (χ4n) is 0.924. The molecule has 0 bridgehead atoms. The van der Waals surface area contributed by atoms with Crippen LogP contribution in [0.2, 0.25) is 0 Å². The average Bonchev–Trinajstić information content (AvgIpc) is 2.73. The predicted molar refractivity (Wildman–Crippen MR) is 53.3 cm³/mol. The van der Waals surface area contributed by atoms with Crippen LogP contribution in [0.3, 0.4) is 0 Å². The second kappa shape index (κ2) is 5.21. The molecule has 1 unspecified atom stereocenters. The molecule has 2 amide bonds. The van der Waals surface area contributed by atoms with Gasteiger partial charge in [0.05, 0.1) is 6.54 Å². The maximum Gasteiger partial charge on any atom is 0.291 e. The van der Waals surface area contributed by atoms with Crippen LogP contribution < -0.4 is 11.1 Å². The summed E-state index contributed by atoms with van der Waals surface area (Å²) in [5, 5.41) is 17.6. The van der Waals surface area contributed by atoms with E-state index in [9.17, 15) is 9.59 Å². The predicted octanol–water partition coefficient (Wildman–Crippen LogP) is -2.06. The van der Waals surface area contributed by atoms with Crippen LogP contribution in [0.5, 0.6) is 0 Å². The van der Waals surface area contributed by atoms with Crippen LogP contribution in [0.25, 0.3) is 0 Å². The Balaban J connectivity index is 2.49. The summed E-state index contributed by atoms with van der Waals surface area (Å²) in [6.45, 7) is 1.60. The molecular formula is C8H13N5O3. The molecule has 8 heteroatoms. The normalized spacial score (nSPS) is 12.1. The van der Waals surface area contributed by atoms with Crippen molar-refractivity contribution in [2.45, 2.75) is 19.4 Å². The number of hydrogen-bond donors (Lipinski definition) is 4. The minimum atomic E-state index is -1.41. The van der Waals surface area contributed by atoms with Crippen LogP contribution in [0.15, 0.2) is 0 Å². The molecule has 1 heterocycles. The number of aliphatic hydroxyl groups is 1. The molecule has 0 aliphatic heterocycles. The van der Waals surface area contributed by atoms with Gasteiger partial charge in [-0.15, -0.1) is 5.10 Å². The van der Waals surface area contributed by atoms with Gasteiger partial charge in [-0.3, -0.25) is 14.7 Å². The second-order valence-corrected chi connectivity index (χ2v) is 3.09. The van der Waals surface area contributed by atoms with Gasteiger partial charge in [-0.05, 0) is 0 Å². The van der Waals surface area contributed by atoms with E-state index in [0.29, 0.717) is 12.2 Å². The van der Waals surface area contributed by atoms with Crippen LogP contribution in [0.1, 0.15) is 23.4 Å². The summed E-state index contributed by atoms with van der Waals surface area (Å²) in [5.74, 6) is -0.921. The van der Waals surface area contributed by atoms with Gasteiger partial charge in [0.25, 0.3) is 5.91 Å². The Kier molecular flexibility index (Phi) is 3.95. The molecule has 16 heavy (non-hydrogen) atoms. The van der Waals surface area contributed by atoms with Crippen molar-refractivity contribution in [2.75, 3.05) is 6.54 Å². The molecule has 1 aromatic rings. The number of rotatable bonds is 5. The summed E-state index contributed by atoms with van der Waals surface area (Å²) in [4.78, 5) is 25.7. The highest BCUT2D eigenvalue weighted by atomic mass is 16.3. The summed E-state index contributed by atoms with van der Waals surface area (Å²) < 4.78 is 0. The number of nitrogens with two attached hydrogens (primary N) is 1. The number of nitrogens with zero attached hydrogens (tertiary/aromatic N) is 2. The molecule has 0 radical (unpaired) electrons. The molecule has 0 spiro atoms. The summed E-state index contributed by atoms with van der Waals surface area (Å²) in [6, 6.07) is 0. The summed E-state index contributed by atoms with van der Waals surface area (Å²) in [5.41, 5.74) is 4.81. The number of carbonyl (C=O) groups is 2. The summed E-state index contributed by atoms with van der Waals surface area (Å²) in [6.07, 6.45) is -0.780. The van der Waals surface area contributed by atoms with Gasteiger partial charge >= 0.3 is 0 Å². The molecule has 0 saturated heterocycles. The van der Waals surface area contributed by atoms with Crippen LogP contribution in [-0.4, -0.2) is 44.8 Å². The van der Waals surface area contributed by atoms with E-state index in [1.807, 2.05) is 6.92 Å². The van der Waals surface area contributed by atoms with Crippen molar-refractivity contribution < 1.29 is 14.7 Å². The van der Waals surface area contributed by atoms with Crippen molar-refractivity contribution in [3.8, 4) is 0 Å². The first-order chi connectivity index (χ1) is 7.54. The van der Waals surface area contributed by atoms with Gasteiger partial charge in [-0.1, -0.05) is 6.92 Å². The van der Waals surface area contributed by atoms with Crippen molar-refractivity contribution >= 4 is 11.8 Å². The quantitative estimate of drug-likeness (QED) is 0.459. The Morgan fingerprint density at radius 2 is 2.31 bits per heavy atom. The Labute approximate surface area is 91.2 Å². The van der Waals surface area contributed by atoms with E-state index < -0.39 is 17.9 Å². The topological polar surface area (TPSA) is 134 Å². The van der Waals surface area contributed by atoms with Crippen molar-refractivity contribution in [2.24, 2.45) is 5.73 Å². The number of hydrogen-bond acceptors (Lipinski definition) is 5. The van der Waals surface area contributed by atoms with E-state index in [1.54, 1.807) is 0 Å². The monoisotopic (exact) mass is 227 g/mol. The minimum Gasteiger partial charge on any atom is -0.381 e. The van der Waals surface area contributed by atoms with Gasteiger partial charge in [-0.25, -0.2) is 4.98 Å². The molecule has 0 aromatic carbocycles. The van der Waals surface area contributed by atoms with E-state index in [4.69, 9.17) is 10.8 Å². The smallest absolute Gasteiger partial charge is 0.291 e. The van der Waals surface area contributed by atoms with Crippen molar-refractivity contribution in [1.82, 2.24) is 20.5 Å². The van der Waals surface area contributed by atoms with E-state index in [2.05, 4.69) is 20.5 Å². The highest BCUT2D eigenvalue weighted by Crippen LogP contribution is 1.93. The molecule has 1 atom stereocenters. The number of nitrogens with one attached hydrogen (secondary N) is 2. The lowest BCUT2D eigenvalue weighted by Gasteiger charge is -2.06. The molecule has 88 valence electrons. The lowest BCUT2D eigenvalue weighted by molar-refractivity contribution is -0.125. The second-order valence-electron chi connectivity index (χ2n) is 3.09. The first-order valence-electron chi connectivity index (χ1n) is 4.71. The van der Waals surface area contributed by atoms with E-state index in [0.717, 1.165) is 0 Å². The largest absolute Gasteiger partial charge is 0.381 e. The number of amides is 2. The van der Waals surface area contributed by atoms with E-state index in [1.165, 1.54) is 0 Å². The number of aromatic nitrogens is 3. The Hall–Kier alpha value is -1.96. The van der Waals surface area contributed by atoms with Crippen molar-refractivity contribution in [3.63, 3.8) is 0 Å². The zero-order valence-corrected chi connectivity index (χ0v) is 8.73. The van der Waals surface area contributed by atoms with Gasteiger partial charge in [0.1, 0.15) is 11.9 Å². The fraction of sp³-hybridized carbons (Fsp3) is 0.500. The lowest BCUT2D eigenvalue weighted by Crippen LogP contribution is -2.40. The SMILES string of the molecule is CCc1nc(C(=O)NCC(O)C(N)=O)n[nH]1. The third-order valence-corrected chi connectivity index (χ3v) is 1.85. The number of aromatic amines is 1. The summed E-state index contributed by atoms with van der Waals surface area (Å²) >= 11 is 0. The molecular weight excluding hydrogens is 214 g/mol. The maximum atomic E-state index is 11.4. The molecule has 1 rings (SSSR count). The maximum absolute atomic E-state index is 11.4. The third-order valence-electron chi connectivity index (χ3n) is 1.85. The zero-order chi connectivity index (χ0) is 12.1. The molecule has 0 aliphatic rings. The van der Waals surface area contributed by atoms with E-state index >= 15 is 0 Å². The van der Waals surface area contributed by atoms with Gasteiger partial charge in [0, 0.05) is 6.42 Å².